The number of hydrogen-bond acceptors (Lipinski definition) is 4. The van der Waals surface area contributed by atoms with Gasteiger partial charge in [-0.3, -0.25) is 4.79 Å². The summed E-state index contributed by atoms with van der Waals surface area (Å²) in [7, 11) is 1.22. The molecule has 1 aromatic heterocycles. The number of methoxy groups -OCH3 is 1. The summed E-state index contributed by atoms with van der Waals surface area (Å²) in [6.45, 7) is 1.82. The lowest BCUT2D eigenvalue weighted by Crippen LogP contribution is -2.16. The molecule has 0 radical (unpaired) electrons. The molecule has 4 rings (SSSR count). The van der Waals surface area contributed by atoms with E-state index in [-0.39, 0.29) is 11.3 Å². The molecule has 4 aromatic rings. The summed E-state index contributed by atoms with van der Waals surface area (Å²) in [5, 5.41) is 3.27. The Hall–Kier alpha value is -3.58. The Morgan fingerprint density at radius 3 is 2.47 bits per heavy atom. The predicted molar refractivity (Wildman–Crippen MR) is 125 cm³/mol. The number of rotatable bonds is 4. The summed E-state index contributed by atoms with van der Waals surface area (Å²) in [4.78, 5) is 29.8. The van der Waals surface area contributed by atoms with Crippen molar-refractivity contribution in [3.8, 4) is 11.3 Å². The summed E-state index contributed by atoms with van der Waals surface area (Å²) in [6, 6.07) is 18.8. The average Bonchev–Trinajstić information content (AvgIpc) is 2.80. The van der Waals surface area contributed by atoms with Crippen LogP contribution in [0.4, 0.5) is 10.1 Å². The number of carbonyl (C=O) groups is 2. The third kappa shape index (κ3) is 4.11. The smallest absolute Gasteiger partial charge is 0.337 e. The van der Waals surface area contributed by atoms with Crippen LogP contribution in [-0.2, 0) is 4.74 Å². The van der Waals surface area contributed by atoms with Crippen LogP contribution in [0.1, 0.15) is 26.3 Å². The number of anilines is 1. The predicted octanol–water partition coefficient (Wildman–Crippen LogP) is 6.15. The lowest BCUT2D eigenvalue weighted by molar-refractivity contribution is 0.0600. The second-order valence-corrected chi connectivity index (χ2v) is 8.04. The van der Waals surface area contributed by atoms with E-state index in [0.717, 1.165) is 16.1 Å². The fourth-order valence-corrected chi connectivity index (χ4v) is 3.91. The maximum absolute atomic E-state index is 14.6. The van der Waals surface area contributed by atoms with E-state index in [9.17, 15) is 14.0 Å². The quantitative estimate of drug-likeness (QED) is 0.347. The van der Waals surface area contributed by atoms with Crippen LogP contribution in [0.25, 0.3) is 22.2 Å². The van der Waals surface area contributed by atoms with Gasteiger partial charge in [-0.2, -0.15) is 0 Å². The van der Waals surface area contributed by atoms with Crippen molar-refractivity contribution in [3.05, 3.63) is 93.7 Å². The van der Waals surface area contributed by atoms with Gasteiger partial charge in [-0.15, -0.1) is 0 Å². The lowest BCUT2D eigenvalue weighted by Gasteiger charge is -2.15. The third-order valence-electron chi connectivity index (χ3n) is 5.10. The van der Waals surface area contributed by atoms with Gasteiger partial charge in [0.25, 0.3) is 5.91 Å². The molecular formula is C25H18BrFN2O3. The molecule has 0 aliphatic heterocycles. The van der Waals surface area contributed by atoms with Crippen molar-refractivity contribution in [1.82, 2.24) is 4.98 Å². The van der Waals surface area contributed by atoms with E-state index in [1.807, 2.05) is 55.5 Å². The first-order valence-electron chi connectivity index (χ1n) is 9.73. The Balaban J connectivity index is 1.82. The largest absolute Gasteiger partial charge is 0.465 e. The number of pyridine rings is 1. The number of fused-ring (bicyclic) bond motifs is 1. The van der Waals surface area contributed by atoms with Gasteiger partial charge in [0.2, 0.25) is 0 Å². The highest BCUT2D eigenvalue weighted by atomic mass is 79.9. The van der Waals surface area contributed by atoms with E-state index in [2.05, 4.69) is 26.0 Å². The number of nitrogens with zero attached hydrogens (tertiary/aromatic N) is 1. The molecule has 5 nitrogen and oxygen atoms in total. The second-order valence-electron chi connectivity index (χ2n) is 7.13. The molecule has 0 aliphatic rings. The number of ether oxygens (including phenoxy) is 1. The molecule has 0 bridgehead atoms. The van der Waals surface area contributed by atoms with E-state index in [1.165, 1.54) is 19.2 Å². The zero-order chi connectivity index (χ0) is 22.8. The van der Waals surface area contributed by atoms with Crippen molar-refractivity contribution >= 4 is 44.4 Å². The van der Waals surface area contributed by atoms with Gasteiger partial charge < -0.3 is 10.1 Å². The van der Waals surface area contributed by atoms with E-state index in [1.54, 1.807) is 0 Å². The summed E-state index contributed by atoms with van der Waals surface area (Å²) < 4.78 is 20.0. The molecule has 3 aromatic carbocycles. The number of benzene rings is 3. The number of nitrogens with one attached hydrogen (secondary N) is 1. The highest BCUT2D eigenvalue weighted by Crippen LogP contribution is 2.32. The molecule has 32 heavy (non-hydrogen) atoms. The van der Waals surface area contributed by atoms with Crippen molar-refractivity contribution in [2.24, 2.45) is 0 Å². The van der Waals surface area contributed by atoms with Gasteiger partial charge in [-0.25, -0.2) is 14.2 Å². The summed E-state index contributed by atoms with van der Waals surface area (Å²) in [5.41, 5.74) is 3.28. The molecule has 1 amide bonds. The molecule has 0 atom stereocenters. The third-order valence-corrected chi connectivity index (χ3v) is 5.60. The van der Waals surface area contributed by atoms with Crippen LogP contribution in [0, 0.1) is 12.7 Å². The zero-order valence-corrected chi connectivity index (χ0v) is 18.9. The van der Waals surface area contributed by atoms with Gasteiger partial charge >= 0.3 is 5.97 Å². The minimum Gasteiger partial charge on any atom is -0.465 e. The van der Waals surface area contributed by atoms with Gasteiger partial charge in [-0.1, -0.05) is 46.3 Å². The van der Waals surface area contributed by atoms with E-state index >= 15 is 0 Å². The van der Waals surface area contributed by atoms with Crippen molar-refractivity contribution in [2.75, 3.05) is 12.4 Å². The van der Waals surface area contributed by atoms with Crippen LogP contribution in [0.5, 0.6) is 0 Å². The molecule has 0 spiro atoms. The van der Waals surface area contributed by atoms with E-state index in [0.29, 0.717) is 27.7 Å². The number of amides is 1. The fourth-order valence-electron chi connectivity index (χ4n) is 3.55. The molecular weight excluding hydrogens is 475 g/mol. The molecule has 0 saturated heterocycles. The topological polar surface area (TPSA) is 68.3 Å². The molecule has 0 aliphatic carbocycles. The Bertz CT molecular complexity index is 1360. The lowest BCUT2D eigenvalue weighted by atomic mass is 9.97. The molecule has 1 heterocycles. The minimum absolute atomic E-state index is 0.0386. The first-order valence-corrected chi connectivity index (χ1v) is 10.5. The molecule has 0 saturated carbocycles. The van der Waals surface area contributed by atoms with Crippen LogP contribution in [-0.4, -0.2) is 24.0 Å². The Kier molecular flexibility index (Phi) is 6.01. The fraction of sp³-hybridized carbons (Fsp3) is 0.0800. The van der Waals surface area contributed by atoms with Crippen molar-refractivity contribution in [2.45, 2.75) is 6.92 Å². The van der Waals surface area contributed by atoms with Crippen LogP contribution in [0.2, 0.25) is 0 Å². The first-order chi connectivity index (χ1) is 15.4. The van der Waals surface area contributed by atoms with Gasteiger partial charge in [-0.05, 0) is 48.9 Å². The minimum atomic E-state index is -0.735. The molecule has 1 N–H and O–H groups in total. The SMILES string of the molecule is COC(=O)c1ccc(NC(=O)c2c(C)c(-c3ccccc3)nc3ccc(Br)cc23)c(F)c1. The number of esters is 1. The standard InChI is InChI=1S/C25H18BrFN2O3/c1-14-22(24(30)29-21-10-8-16(12-19(21)27)25(31)32-2)18-13-17(26)9-11-20(18)28-23(14)15-6-4-3-5-7-15/h3-13H,1-2H3,(H,29,30). The monoisotopic (exact) mass is 492 g/mol. The van der Waals surface area contributed by atoms with Crippen molar-refractivity contribution in [1.29, 1.82) is 0 Å². The van der Waals surface area contributed by atoms with Crippen molar-refractivity contribution < 1.29 is 18.7 Å². The molecule has 160 valence electrons. The van der Waals surface area contributed by atoms with E-state index < -0.39 is 17.7 Å². The second kappa shape index (κ2) is 8.88. The van der Waals surface area contributed by atoms with Crippen LogP contribution >= 0.6 is 15.9 Å². The molecule has 0 unspecified atom stereocenters. The molecule has 0 fully saturated rings. The Labute approximate surface area is 192 Å². The Morgan fingerprint density at radius 1 is 1.03 bits per heavy atom. The average molecular weight is 493 g/mol. The maximum atomic E-state index is 14.6. The van der Waals surface area contributed by atoms with Gasteiger partial charge in [0.15, 0.2) is 0 Å². The normalized spacial score (nSPS) is 10.8. The summed E-state index contributed by atoms with van der Waals surface area (Å²) >= 11 is 3.45. The van der Waals surface area contributed by atoms with Gasteiger partial charge in [0, 0.05) is 15.4 Å². The number of carbonyl (C=O) groups excluding carboxylic acids is 2. The van der Waals surface area contributed by atoms with E-state index in [4.69, 9.17) is 4.98 Å². The van der Waals surface area contributed by atoms with Crippen LogP contribution in [0.3, 0.4) is 0 Å². The highest BCUT2D eigenvalue weighted by Gasteiger charge is 2.21. The summed E-state index contributed by atoms with van der Waals surface area (Å²) in [6.07, 6.45) is 0. The number of aromatic nitrogens is 1. The van der Waals surface area contributed by atoms with Crippen LogP contribution in [0.15, 0.2) is 71.2 Å². The van der Waals surface area contributed by atoms with Crippen molar-refractivity contribution in [3.63, 3.8) is 0 Å². The number of hydrogen-bond donors (Lipinski definition) is 1. The van der Waals surface area contributed by atoms with Gasteiger partial charge in [0.05, 0.1) is 35.1 Å². The first kappa shape index (κ1) is 21.6. The van der Waals surface area contributed by atoms with Crippen LogP contribution < -0.4 is 5.32 Å². The highest BCUT2D eigenvalue weighted by molar-refractivity contribution is 9.10. The van der Waals surface area contributed by atoms with Gasteiger partial charge in [0.1, 0.15) is 5.82 Å². The maximum Gasteiger partial charge on any atom is 0.337 e. The summed E-state index contributed by atoms with van der Waals surface area (Å²) in [5.74, 6) is -1.87. The Morgan fingerprint density at radius 2 is 1.78 bits per heavy atom. The zero-order valence-electron chi connectivity index (χ0n) is 17.3. The number of halogens is 2. The molecule has 7 heteroatoms.